The summed E-state index contributed by atoms with van der Waals surface area (Å²) in [6, 6.07) is 0. The van der Waals surface area contributed by atoms with Crippen LogP contribution in [0.15, 0.2) is 74.9 Å². The van der Waals surface area contributed by atoms with Gasteiger partial charge < -0.3 is 39.7 Å². The average molecular weight is 449 g/mol. The van der Waals surface area contributed by atoms with Gasteiger partial charge in [0.15, 0.2) is 0 Å². The van der Waals surface area contributed by atoms with Gasteiger partial charge in [-0.1, -0.05) is 0 Å². The van der Waals surface area contributed by atoms with Crippen molar-refractivity contribution in [2.24, 2.45) is 0 Å². The Balaban J connectivity index is -0.000000279. The van der Waals surface area contributed by atoms with Gasteiger partial charge in [-0.05, 0) is 13.8 Å². The van der Waals surface area contributed by atoms with Crippen molar-refractivity contribution in [3.05, 3.63) is 74.9 Å². The Morgan fingerprint density at radius 1 is 0.586 bits per heavy atom. The number of nitrogens with one attached hydrogen (secondary N) is 4. The van der Waals surface area contributed by atoms with E-state index in [9.17, 15) is 0 Å². The van der Waals surface area contributed by atoms with Gasteiger partial charge in [0.05, 0.1) is 25.3 Å². The quantitative estimate of drug-likeness (QED) is 0.249. The number of carboxylic acids is 2. The van der Waals surface area contributed by atoms with Gasteiger partial charge in [0.25, 0.3) is 0 Å². The number of aromatic nitrogens is 8. The zero-order valence-corrected chi connectivity index (χ0v) is 16.7. The number of H-pyrrole nitrogens is 4. The van der Waals surface area contributed by atoms with E-state index in [-0.39, 0.29) is 16.5 Å². The number of rotatable bonds is 0. The molecule has 160 valence electrons. The molecule has 4 aromatic heterocycles. The molecule has 0 bridgehead atoms. The van der Waals surface area contributed by atoms with Crippen molar-refractivity contribution in [3.8, 4) is 0 Å². The molecule has 0 aromatic carbocycles. The van der Waals surface area contributed by atoms with Gasteiger partial charge in [-0.15, -0.1) is 0 Å². The van der Waals surface area contributed by atoms with Crippen molar-refractivity contribution in [1.29, 1.82) is 0 Å². The number of hydrogen-bond donors (Lipinski definition) is 4. The summed E-state index contributed by atoms with van der Waals surface area (Å²) in [4.78, 5) is 43.4. The van der Waals surface area contributed by atoms with Crippen LogP contribution in [0.4, 0.5) is 0 Å². The summed E-state index contributed by atoms with van der Waals surface area (Å²) < 4.78 is 0. The number of carboxylic acid groups (broad SMARTS) is 2. The normalized spacial score (nSPS) is 7.24. The molecule has 13 heteroatoms. The number of aliphatic carboxylic acids is 2. The van der Waals surface area contributed by atoms with E-state index >= 15 is 0 Å². The topological polar surface area (TPSA) is 195 Å². The van der Waals surface area contributed by atoms with Gasteiger partial charge in [0.1, 0.15) is 0 Å². The molecule has 4 aromatic rings. The average Bonchev–Trinajstić information content (AvgIpc) is 3.52. The Kier molecular flexibility index (Phi) is 27.4. The Morgan fingerprint density at radius 2 is 0.759 bits per heavy atom. The molecule has 0 saturated heterocycles. The molecule has 0 aliphatic rings. The predicted molar refractivity (Wildman–Crippen MR) is 95.7 cm³/mol. The molecular weight excluding hydrogens is 427 g/mol. The van der Waals surface area contributed by atoms with Gasteiger partial charge in [0.2, 0.25) is 0 Å². The van der Waals surface area contributed by atoms with E-state index in [2.05, 4.69) is 39.9 Å². The molecule has 0 amide bonds. The standard InChI is InChI=1S/4C3H4N2.2C2H4O2.Ni/c4*1-2-5-3-4-1;2*1-2(3)4;/h4*1-3H,(H,4,5);2*1H3,(H,3,4);/q;;;;;;+2/p-2. The number of nitrogens with zero attached hydrogens (tertiary/aromatic N) is 4. The van der Waals surface area contributed by atoms with Crippen molar-refractivity contribution in [3.63, 3.8) is 0 Å². The SMILES string of the molecule is CC(=O)[O-].CC(=O)[O-].[Ni+2].c1c[nH]cn1.c1c[nH]cn1.c1c[nH]cn1.c1c[nH]cn1. The number of imidazole rings is 4. The second kappa shape index (κ2) is 26.5. The first kappa shape index (κ1) is 30.0. The third kappa shape index (κ3) is 45.5. The minimum atomic E-state index is -1.08. The van der Waals surface area contributed by atoms with Crippen LogP contribution in [-0.4, -0.2) is 51.8 Å². The molecule has 4 rings (SSSR count). The maximum Gasteiger partial charge on any atom is 2.00 e. The van der Waals surface area contributed by atoms with Crippen LogP contribution in [0.1, 0.15) is 13.8 Å². The molecule has 0 unspecified atom stereocenters. The molecule has 0 spiro atoms. The van der Waals surface area contributed by atoms with Crippen LogP contribution < -0.4 is 10.2 Å². The summed E-state index contributed by atoms with van der Waals surface area (Å²) in [6.45, 7) is 1.94. The van der Waals surface area contributed by atoms with E-state index < -0.39 is 11.9 Å². The third-order valence-corrected chi connectivity index (χ3v) is 1.62. The van der Waals surface area contributed by atoms with Crippen LogP contribution in [0.3, 0.4) is 0 Å². The summed E-state index contributed by atoms with van der Waals surface area (Å²) in [6.07, 6.45) is 20.3. The van der Waals surface area contributed by atoms with Gasteiger partial charge in [-0.2, -0.15) is 0 Å². The zero-order chi connectivity index (χ0) is 21.3. The first-order valence-corrected chi connectivity index (χ1v) is 7.52. The largest absolute Gasteiger partial charge is 2.00 e. The summed E-state index contributed by atoms with van der Waals surface area (Å²) in [5.41, 5.74) is 0. The summed E-state index contributed by atoms with van der Waals surface area (Å²) in [5.74, 6) is -2.17. The van der Waals surface area contributed by atoms with E-state index in [1.807, 2.05) is 0 Å². The monoisotopic (exact) mass is 448 g/mol. The van der Waals surface area contributed by atoms with E-state index in [1.54, 1.807) is 74.9 Å². The van der Waals surface area contributed by atoms with Crippen LogP contribution in [-0.2, 0) is 26.1 Å². The number of carbonyl (C=O) groups is 2. The van der Waals surface area contributed by atoms with Crippen molar-refractivity contribution < 1.29 is 36.3 Å². The fraction of sp³-hybridized carbons (Fsp3) is 0.125. The van der Waals surface area contributed by atoms with Crippen LogP contribution in [0.5, 0.6) is 0 Å². The number of hydrogen-bond acceptors (Lipinski definition) is 8. The van der Waals surface area contributed by atoms with Crippen molar-refractivity contribution in [2.75, 3.05) is 0 Å². The first-order valence-electron chi connectivity index (χ1n) is 7.52. The van der Waals surface area contributed by atoms with E-state index in [1.165, 1.54) is 0 Å². The van der Waals surface area contributed by atoms with Crippen molar-refractivity contribution >= 4 is 11.9 Å². The molecule has 12 nitrogen and oxygen atoms in total. The van der Waals surface area contributed by atoms with E-state index in [0.717, 1.165) is 13.8 Å². The molecule has 0 saturated carbocycles. The second-order valence-corrected chi connectivity index (χ2v) is 4.03. The van der Waals surface area contributed by atoms with Crippen molar-refractivity contribution in [1.82, 2.24) is 39.9 Å². The van der Waals surface area contributed by atoms with Gasteiger partial charge >= 0.3 is 16.5 Å². The maximum absolute atomic E-state index is 8.89. The molecule has 0 radical (unpaired) electrons. The Labute approximate surface area is 177 Å². The summed E-state index contributed by atoms with van der Waals surface area (Å²) >= 11 is 0. The molecule has 0 aliphatic carbocycles. The van der Waals surface area contributed by atoms with E-state index in [4.69, 9.17) is 19.8 Å². The fourth-order valence-corrected chi connectivity index (χ4v) is 0.861. The summed E-state index contributed by atoms with van der Waals surface area (Å²) in [5, 5.41) is 17.8. The Bertz CT molecular complexity index is 523. The maximum atomic E-state index is 8.89. The van der Waals surface area contributed by atoms with Crippen molar-refractivity contribution in [2.45, 2.75) is 13.8 Å². The fourth-order valence-electron chi connectivity index (χ4n) is 0.861. The molecule has 0 atom stereocenters. The molecular formula is C16H22N8NiO4. The third-order valence-electron chi connectivity index (χ3n) is 1.62. The van der Waals surface area contributed by atoms with Gasteiger partial charge in [-0.3, -0.25) is 0 Å². The minimum absolute atomic E-state index is 0. The van der Waals surface area contributed by atoms with E-state index in [0.29, 0.717) is 0 Å². The smallest absolute Gasteiger partial charge is 0.550 e. The van der Waals surface area contributed by atoms with Gasteiger partial charge in [0, 0.05) is 61.5 Å². The van der Waals surface area contributed by atoms with Crippen LogP contribution in [0, 0.1) is 0 Å². The van der Waals surface area contributed by atoms with Crippen LogP contribution in [0.25, 0.3) is 0 Å². The minimum Gasteiger partial charge on any atom is -0.550 e. The molecule has 0 fully saturated rings. The molecule has 0 aliphatic heterocycles. The zero-order valence-electron chi connectivity index (χ0n) is 15.7. The second-order valence-electron chi connectivity index (χ2n) is 4.03. The number of aromatic amines is 4. The Hall–Kier alpha value is -3.73. The van der Waals surface area contributed by atoms with Crippen LogP contribution in [0.2, 0.25) is 0 Å². The predicted octanol–water partition coefficient (Wildman–Crippen LogP) is -0.851. The Morgan fingerprint density at radius 3 is 0.793 bits per heavy atom. The molecule has 4 N–H and O–H groups in total. The first-order chi connectivity index (χ1) is 13.5. The van der Waals surface area contributed by atoms with Crippen LogP contribution >= 0.6 is 0 Å². The van der Waals surface area contributed by atoms with Gasteiger partial charge in [-0.25, -0.2) is 19.9 Å². The molecule has 4 heterocycles. The summed E-state index contributed by atoms with van der Waals surface area (Å²) in [7, 11) is 0. The molecule has 29 heavy (non-hydrogen) atoms. The number of carbonyl (C=O) groups excluding carboxylic acids is 2.